The van der Waals surface area contributed by atoms with Crippen LogP contribution in [0.15, 0.2) is 42.5 Å². The number of nitrogens with zero attached hydrogens (tertiary/aromatic N) is 1. The summed E-state index contributed by atoms with van der Waals surface area (Å²) in [5.74, 6) is 0.740. The lowest BCUT2D eigenvalue weighted by atomic mass is 9.96. The Hall–Kier alpha value is -1.38. The average Bonchev–Trinajstić information content (AvgIpc) is 2.48. The Morgan fingerprint density at radius 2 is 1.74 bits per heavy atom. The molecule has 0 amide bonds. The van der Waals surface area contributed by atoms with Crippen molar-refractivity contribution in [2.24, 2.45) is 11.7 Å². The number of piperidine rings is 1. The van der Waals surface area contributed by atoms with Crippen LogP contribution in [0.5, 0.6) is 0 Å². The third kappa shape index (κ3) is 2.80. The molecular formula is C17H22N2. The summed E-state index contributed by atoms with van der Waals surface area (Å²) < 4.78 is 0. The van der Waals surface area contributed by atoms with Gasteiger partial charge in [-0.2, -0.15) is 0 Å². The molecule has 3 rings (SSSR count). The molecule has 1 saturated heterocycles. The van der Waals surface area contributed by atoms with E-state index in [0.717, 1.165) is 19.0 Å². The van der Waals surface area contributed by atoms with E-state index in [9.17, 15) is 0 Å². The van der Waals surface area contributed by atoms with Crippen LogP contribution in [0.2, 0.25) is 0 Å². The first-order valence-electron chi connectivity index (χ1n) is 7.26. The van der Waals surface area contributed by atoms with Crippen molar-refractivity contribution in [3.63, 3.8) is 0 Å². The molecule has 2 N–H and O–H groups in total. The number of rotatable bonds is 3. The highest BCUT2D eigenvalue weighted by Gasteiger charge is 2.18. The molecule has 0 radical (unpaired) electrons. The van der Waals surface area contributed by atoms with Crippen molar-refractivity contribution in [2.45, 2.75) is 19.4 Å². The Kier molecular flexibility index (Phi) is 3.81. The Bertz CT molecular complexity index is 536. The first-order chi connectivity index (χ1) is 9.36. The van der Waals surface area contributed by atoms with Crippen LogP contribution in [0.3, 0.4) is 0 Å². The minimum absolute atomic E-state index is 0.740. The summed E-state index contributed by atoms with van der Waals surface area (Å²) in [6, 6.07) is 15.3. The first kappa shape index (κ1) is 12.6. The number of fused-ring (bicyclic) bond motifs is 1. The fraction of sp³-hybridized carbons (Fsp3) is 0.412. The third-order valence-electron chi connectivity index (χ3n) is 4.31. The molecule has 1 aliphatic rings. The molecule has 2 nitrogen and oxygen atoms in total. The van der Waals surface area contributed by atoms with Gasteiger partial charge >= 0.3 is 0 Å². The molecule has 0 bridgehead atoms. The highest BCUT2D eigenvalue weighted by molar-refractivity contribution is 5.85. The van der Waals surface area contributed by atoms with Gasteiger partial charge in [0.25, 0.3) is 0 Å². The maximum atomic E-state index is 5.76. The van der Waals surface area contributed by atoms with Crippen LogP contribution in [0.4, 0.5) is 0 Å². The summed E-state index contributed by atoms with van der Waals surface area (Å²) in [5.41, 5.74) is 7.21. The van der Waals surface area contributed by atoms with Crippen molar-refractivity contribution in [1.82, 2.24) is 4.90 Å². The Balaban J connectivity index is 1.75. The van der Waals surface area contributed by atoms with E-state index >= 15 is 0 Å². The van der Waals surface area contributed by atoms with Crippen LogP contribution in [-0.4, -0.2) is 24.5 Å². The summed E-state index contributed by atoms with van der Waals surface area (Å²) in [4.78, 5) is 2.56. The SMILES string of the molecule is NCC1CCN(Cc2cccc3ccccc23)CC1. The fourth-order valence-electron chi connectivity index (χ4n) is 3.05. The van der Waals surface area contributed by atoms with Crippen molar-refractivity contribution in [2.75, 3.05) is 19.6 Å². The van der Waals surface area contributed by atoms with Gasteiger partial charge in [0.15, 0.2) is 0 Å². The van der Waals surface area contributed by atoms with Gasteiger partial charge in [0.05, 0.1) is 0 Å². The molecular weight excluding hydrogens is 232 g/mol. The fourth-order valence-corrected chi connectivity index (χ4v) is 3.05. The predicted octanol–water partition coefficient (Wildman–Crippen LogP) is 3.01. The van der Waals surface area contributed by atoms with E-state index in [-0.39, 0.29) is 0 Å². The van der Waals surface area contributed by atoms with E-state index < -0.39 is 0 Å². The average molecular weight is 254 g/mol. The van der Waals surface area contributed by atoms with E-state index in [4.69, 9.17) is 5.73 Å². The molecule has 0 spiro atoms. The molecule has 0 atom stereocenters. The van der Waals surface area contributed by atoms with Gasteiger partial charge in [0, 0.05) is 6.54 Å². The zero-order valence-electron chi connectivity index (χ0n) is 11.4. The molecule has 100 valence electrons. The molecule has 1 aliphatic heterocycles. The first-order valence-corrected chi connectivity index (χ1v) is 7.26. The number of hydrogen-bond acceptors (Lipinski definition) is 2. The van der Waals surface area contributed by atoms with Crippen molar-refractivity contribution in [3.05, 3.63) is 48.0 Å². The highest BCUT2D eigenvalue weighted by atomic mass is 15.1. The van der Waals surface area contributed by atoms with E-state index in [2.05, 4.69) is 47.4 Å². The maximum Gasteiger partial charge on any atom is 0.0239 e. The standard InChI is InChI=1S/C17H22N2/c18-12-14-8-10-19(11-9-14)13-16-6-3-5-15-4-1-2-7-17(15)16/h1-7,14H,8-13,18H2. The van der Waals surface area contributed by atoms with Crippen LogP contribution in [-0.2, 0) is 6.54 Å². The van der Waals surface area contributed by atoms with Crippen LogP contribution >= 0.6 is 0 Å². The van der Waals surface area contributed by atoms with Gasteiger partial charge in [-0.15, -0.1) is 0 Å². The summed E-state index contributed by atoms with van der Waals surface area (Å²) in [6.45, 7) is 4.29. The predicted molar refractivity (Wildman–Crippen MR) is 81.0 cm³/mol. The monoisotopic (exact) mass is 254 g/mol. The molecule has 0 aliphatic carbocycles. The zero-order chi connectivity index (χ0) is 13.1. The second kappa shape index (κ2) is 5.72. The number of likely N-dealkylation sites (tertiary alicyclic amines) is 1. The summed E-state index contributed by atoms with van der Waals surface area (Å²) in [5, 5.41) is 2.74. The Labute approximate surface area is 115 Å². The van der Waals surface area contributed by atoms with E-state index in [1.807, 2.05) is 0 Å². The van der Waals surface area contributed by atoms with Crippen molar-refractivity contribution < 1.29 is 0 Å². The lowest BCUT2D eigenvalue weighted by Crippen LogP contribution is -2.35. The molecule has 1 heterocycles. The summed E-state index contributed by atoms with van der Waals surface area (Å²) >= 11 is 0. The van der Waals surface area contributed by atoms with Crippen LogP contribution in [0.1, 0.15) is 18.4 Å². The molecule has 2 aromatic rings. The van der Waals surface area contributed by atoms with Crippen molar-refractivity contribution in [1.29, 1.82) is 0 Å². The summed E-state index contributed by atoms with van der Waals surface area (Å²) in [6.07, 6.45) is 2.50. The van der Waals surface area contributed by atoms with Crippen LogP contribution in [0.25, 0.3) is 10.8 Å². The van der Waals surface area contributed by atoms with Crippen LogP contribution in [0, 0.1) is 5.92 Å². The second-order valence-corrected chi connectivity index (χ2v) is 5.59. The Morgan fingerprint density at radius 3 is 2.53 bits per heavy atom. The number of hydrogen-bond donors (Lipinski definition) is 1. The number of benzene rings is 2. The van der Waals surface area contributed by atoms with E-state index in [0.29, 0.717) is 0 Å². The topological polar surface area (TPSA) is 29.3 Å². The van der Waals surface area contributed by atoms with Gasteiger partial charge in [-0.1, -0.05) is 42.5 Å². The van der Waals surface area contributed by atoms with E-state index in [1.165, 1.54) is 42.3 Å². The van der Waals surface area contributed by atoms with Crippen LogP contribution < -0.4 is 5.73 Å². The molecule has 2 aromatic carbocycles. The molecule has 19 heavy (non-hydrogen) atoms. The maximum absolute atomic E-state index is 5.76. The molecule has 0 aromatic heterocycles. The summed E-state index contributed by atoms with van der Waals surface area (Å²) in [7, 11) is 0. The lowest BCUT2D eigenvalue weighted by molar-refractivity contribution is 0.181. The quantitative estimate of drug-likeness (QED) is 0.912. The minimum Gasteiger partial charge on any atom is -0.330 e. The zero-order valence-corrected chi connectivity index (χ0v) is 11.4. The van der Waals surface area contributed by atoms with Gasteiger partial charge < -0.3 is 5.73 Å². The van der Waals surface area contributed by atoms with Gasteiger partial charge in [-0.05, 0) is 54.7 Å². The molecule has 2 heteroatoms. The molecule has 0 saturated carbocycles. The van der Waals surface area contributed by atoms with Gasteiger partial charge in [-0.3, -0.25) is 4.90 Å². The highest BCUT2D eigenvalue weighted by Crippen LogP contribution is 2.22. The third-order valence-corrected chi connectivity index (χ3v) is 4.31. The smallest absolute Gasteiger partial charge is 0.0239 e. The largest absolute Gasteiger partial charge is 0.330 e. The minimum atomic E-state index is 0.740. The number of nitrogens with two attached hydrogens (primary N) is 1. The lowest BCUT2D eigenvalue weighted by Gasteiger charge is -2.31. The molecule has 1 fully saturated rings. The van der Waals surface area contributed by atoms with E-state index in [1.54, 1.807) is 0 Å². The van der Waals surface area contributed by atoms with Crippen molar-refractivity contribution in [3.8, 4) is 0 Å². The van der Waals surface area contributed by atoms with Gasteiger partial charge in [-0.25, -0.2) is 0 Å². The van der Waals surface area contributed by atoms with Gasteiger partial charge in [0.2, 0.25) is 0 Å². The Morgan fingerprint density at radius 1 is 1.00 bits per heavy atom. The second-order valence-electron chi connectivity index (χ2n) is 5.59. The molecule has 0 unspecified atom stereocenters. The van der Waals surface area contributed by atoms with Gasteiger partial charge in [0.1, 0.15) is 0 Å². The normalized spacial score (nSPS) is 17.9. The van der Waals surface area contributed by atoms with Crippen molar-refractivity contribution >= 4 is 10.8 Å².